The molecule has 0 spiro atoms. The third-order valence-electron chi connectivity index (χ3n) is 9.85. The number of aryl methyl sites for hydroxylation is 2. The van der Waals surface area contributed by atoms with E-state index in [0.717, 1.165) is 39.2 Å². The molecule has 4 heterocycles. The van der Waals surface area contributed by atoms with Crippen molar-refractivity contribution in [3.63, 3.8) is 0 Å². The maximum Gasteiger partial charge on any atom is 0.410 e. The van der Waals surface area contributed by atoms with E-state index >= 15 is 0 Å². The summed E-state index contributed by atoms with van der Waals surface area (Å²) < 4.78 is 57.1. The second-order valence-corrected chi connectivity index (χ2v) is 16.7. The summed E-state index contributed by atoms with van der Waals surface area (Å²) in [6.07, 6.45) is 2.97. The molecule has 286 valence electrons. The molecule has 0 saturated carbocycles. The van der Waals surface area contributed by atoms with E-state index in [1.54, 1.807) is 54.7 Å². The minimum atomic E-state index is -4.05. The lowest BCUT2D eigenvalue weighted by molar-refractivity contribution is 0.0240. The smallest absolute Gasteiger partial charge is 0.410 e. The molecule has 0 aliphatic carbocycles. The zero-order valence-corrected chi connectivity index (χ0v) is 32.9. The number of carbonyl (C=O) groups excluding carboxylic acids is 1. The predicted octanol–water partition coefficient (Wildman–Crippen LogP) is 7.98. The van der Waals surface area contributed by atoms with Crippen LogP contribution in [0.3, 0.4) is 0 Å². The van der Waals surface area contributed by atoms with Gasteiger partial charge < -0.3 is 19.3 Å². The number of hydrogen-bond acceptors (Lipinski definition) is 8. The zero-order valence-electron chi connectivity index (χ0n) is 32.1. The fourth-order valence-electron chi connectivity index (χ4n) is 7.07. The SMILES string of the molecule is COc1cc(N2CCN(C(=O)OC(C)(C)C)CC2)ccc1-c1cnc2c(c1)c(-c1c(C)nn(Cc3cccc(F)c3)c1C)cn2S(=O)(=O)c1ccc(C)cc1. The summed E-state index contributed by atoms with van der Waals surface area (Å²) in [7, 11) is -2.43. The number of nitrogens with zero attached hydrogens (tertiary/aromatic N) is 6. The Morgan fingerprint density at radius 3 is 2.31 bits per heavy atom. The summed E-state index contributed by atoms with van der Waals surface area (Å²) in [6, 6.07) is 21.0. The molecule has 0 bridgehead atoms. The zero-order chi connectivity index (χ0) is 39.2. The fraction of sp³-hybridized carbons (Fsp3) is 0.310. The standard InChI is InChI=1S/C42H45FN6O5S/c1-27-11-14-34(15-12-27)55(51,52)49-26-37(39-28(2)45-48(29(39)3)25-30-9-8-10-32(43)21-30)36-22-31(24-44-40(36)49)35-16-13-33(23-38(35)53-7)46-17-19-47(20-18-46)41(50)54-42(4,5)6/h8-16,21-24,26H,17-20,25H2,1-7H3. The third-order valence-corrected chi connectivity index (χ3v) is 11.5. The molecule has 0 unspecified atom stereocenters. The first-order valence-corrected chi connectivity index (χ1v) is 19.6. The van der Waals surface area contributed by atoms with Gasteiger partial charge in [0.2, 0.25) is 0 Å². The van der Waals surface area contributed by atoms with Crippen LogP contribution < -0.4 is 9.64 Å². The first kappa shape index (κ1) is 37.6. The minimum absolute atomic E-state index is 0.145. The van der Waals surface area contributed by atoms with Crippen LogP contribution in [0.4, 0.5) is 14.9 Å². The molecule has 3 aromatic carbocycles. The Bertz CT molecular complexity index is 2510. The van der Waals surface area contributed by atoms with Crippen molar-refractivity contribution >= 4 is 32.8 Å². The van der Waals surface area contributed by atoms with Gasteiger partial charge in [0.1, 0.15) is 17.2 Å². The molecular formula is C42H45FN6O5S. The molecule has 3 aromatic heterocycles. The maximum absolute atomic E-state index is 14.2. The number of hydrogen-bond donors (Lipinski definition) is 0. The second kappa shape index (κ2) is 14.5. The van der Waals surface area contributed by atoms with E-state index in [2.05, 4.69) is 4.90 Å². The van der Waals surface area contributed by atoms with E-state index in [1.165, 1.54) is 16.1 Å². The Labute approximate surface area is 321 Å². The minimum Gasteiger partial charge on any atom is -0.496 e. The predicted molar refractivity (Wildman–Crippen MR) is 212 cm³/mol. The van der Waals surface area contributed by atoms with E-state index in [0.29, 0.717) is 55.1 Å². The summed E-state index contributed by atoms with van der Waals surface area (Å²) in [5.41, 5.74) is 6.80. The van der Waals surface area contributed by atoms with Gasteiger partial charge in [0.15, 0.2) is 5.65 Å². The van der Waals surface area contributed by atoms with Crippen molar-refractivity contribution in [1.82, 2.24) is 23.6 Å². The molecule has 1 aliphatic rings. The molecule has 11 nitrogen and oxygen atoms in total. The fourth-order valence-corrected chi connectivity index (χ4v) is 8.40. The van der Waals surface area contributed by atoms with Gasteiger partial charge >= 0.3 is 6.09 Å². The lowest BCUT2D eigenvalue weighted by Crippen LogP contribution is -2.50. The molecule has 0 atom stereocenters. The van der Waals surface area contributed by atoms with Crippen LogP contribution in [0.25, 0.3) is 33.3 Å². The third kappa shape index (κ3) is 7.53. The number of anilines is 1. The molecular weight excluding hydrogens is 720 g/mol. The quantitative estimate of drug-likeness (QED) is 0.154. The van der Waals surface area contributed by atoms with E-state index in [-0.39, 0.29) is 22.5 Å². The molecule has 13 heteroatoms. The monoisotopic (exact) mass is 764 g/mol. The first-order valence-electron chi connectivity index (χ1n) is 18.2. The van der Waals surface area contributed by atoms with Gasteiger partial charge in [0, 0.05) is 83.7 Å². The number of amides is 1. The Kier molecular flexibility index (Phi) is 9.93. The van der Waals surface area contributed by atoms with Gasteiger partial charge in [-0.15, -0.1) is 0 Å². The first-order chi connectivity index (χ1) is 26.1. The van der Waals surface area contributed by atoms with Crippen LogP contribution in [0, 0.1) is 26.6 Å². The summed E-state index contributed by atoms with van der Waals surface area (Å²) in [5, 5.41) is 5.43. The van der Waals surface area contributed by atoms with Gasteiger partial charge in [-0.1, -0.05) is 29.8 Å². The average Bonchev–Trinajstić information content (AvgIpc) is 3.66. The van der Waals surface area contributed by atoms with E-state index < -0.39 is 15.6 Å². The van der Waals surface area contributed by atoms with Crippen LogP contribution in [0.15, 0.2) is 90.1 Å². The number of methoxy groups -OCH3 is 1. The molecule has 1 amide bonds. The van der Waals surface area contributed by atoms with Crippen molar-refractivity contribution < 1.29 is 27.1 Å². The number of piperazine rings is 1. The molecule has 0 N–H and O–H groups in total. The topological polar surface area (TPSA) is 112 Å². The molecule has 6 aromatic rings. The Morgan fingerprint density at radius 1 is 0.909 bits per heavy atom. The average molecular weight is 765 g/mol. The van der Waals surface area contributed by atoms with Crippen LogP contribution >= 0.6 is 0 Å². The van der Waals surface area contributed by atoms with Crippen LogP contribution in [0.2, 0.25) is 0 Å². The van der Waals surface area contributed by atoms with Gasteiger partial charge in [-0.25, -0.2) is 26.6 Å². The van der Waals surface area contributed by atoms with Crippen molar-refractivity contribution in [2.45, 2.75) is 58.6 Å². The van der Waals surface area contributed by atoms with Gasteiger partial charge in [-0.2, -0.15) is 5.10 Å². The summed E-state index contributed by atoms with van der Waals surface area (Å²) in [5.74, 6) is 0.295. The molecule has 0 radical (unpaired) electrons. The van der Waals surface area contributed by atoms with Crippen molar-refractivity contribution in [2.75, 3.05) is 38.2 Å². The molecule has 7 rings (SSSR count). The summed E-state index contributed by atoms with van der Waals surface area (Å²) in [6.45, 7) is 14.0. The molecule has 1 aliphatic heterocycles. The van der Waals surface area contributed by atoms with Gasteiger partial charge in [-0.3, -0.25) is 4.68 Å². The Hall–Kier alpha value is -5.69. The van der Waals surface area contributed by atoms with Gasteiger partial charge in [-0.05, 0) is 89.6 Å². The number of pyridine rings is 1. The summed E-state index contributed by atoms with van der Waals surface area (Å²) >= 11 is 0. The largest absolute Gasteiger partial charge is 0.496 e. The highest BCUT2D eigenvalue weighted by Crippen LogP contribution is 2.40. The Balaban J connectivity index is 1.28. The highest BCUT2D eigenvalue weighted by Gasteiger charge is 2.28. The normalized spacial score (nSPS) is 13.7. The highest BCUT2D eigenvalue weighted by atomic mass is 32.2. The van der Waals surface area contributed by atoms with Crippen molar-refractivity contribution in [1.29, 1.82) is 0 Å². The number of halogens is 1. The van der Waals surface area contributed by atoms with E-state index in [9.17, 15) is 17.6 Å². The number of fused-ring (bicyclic) bond motifs is 1. The van der Waals surface area contributed by atoms with Gasteiger partial charge in [0.25, 0.3) is 10.0 Å². The lowest BCUT2D eigenvalue weighted by Gasteiger charge is -2.37. The van der Waals surface area contributed by atoms with Crippen molar-refractivity contribution in [3.05, 3.63) is 114 Å². The highest BCUT2D eigenvalue weighted by molar-refractivity contribution is 7.90. The number of ether oxygens (including phenoxy) is 2. The van der Waals surface area contributed by atoms with E-state index in [4.69, 9.17) is 19.6 Å². The van der Waals surface area contributed by atoms with Crippen LogP contribution in [-0.4, -0.2) is 77.0 Å². The number of rotatable bonds is 8. The van der Waals surface area contributed by atoms with Crippen LogP contribution in [-0.2, 0) is 21.3 Å². The molecule has 55 heavy (non-hydrogen) atoms. The molecule has 1 fully saturated rings. The lowest BCUT2D eigenvalue weighted by atomic mass is 10.00. The second-order valence-electron chi connectivity index (χ2n) is 14.9. The number of benzene rings is 3. The van der Waals surface area contributed by atoms with Crippen LogP contribution in [0.5, 0.6) is 5.75 Å². The van der Waals surface area contributed by atoms with E-state index in [1.807, 2.05) is 76.6 Å². The van der Waals surface area contributed by atoms with Gasteiger partial charge in [0.05, 0.1) is 24.2 Å². The number of carbonyl (C=O) groups is 1. The maximum atomic E-state index is 14.2. The van der Waals surface area contributed by atoms with Crippen molar-refractivity contribution in [2.24, 2.45) is 0 Å². The molecule has 1 saturated heterocycles. The van der Waals surface area contributed by atoms with Crippen molar-refractivity contribution in [3.8, 4) is 28.0 Å². The van der Waals surface area contributed by atoms with Crippen LogP contribution in [0.1, 0.15) is 43.3 Å². The Morgan fingerprint density at radius 2 is 1.64 bits per heavy atom. The summed E-state index contributed by atoms with van der Waals surface area (Å²) in [4.78, 5) is 21.5. The number of aromatic nitrogens is 4.